The Labute approximate surface area is 237 Å². The summed E-state index contributed by atoms with van der Waals surface area (Å²) in [7, 11) is 0. The summed E-state index contributed by atoms with van der Waals surface area (Å²) in [6.07, 6.45) is -5.01. The molecule has 4 aromatic rings. The number of aliphatic hydroxyl groups is 2. The number of carbonyl (C=O) groups is 1. The monoisotopic (exact) mass is 578 g/mol. The highest BCUT2D eigenvalue weighted by Crippen LogP contribution is 2.37. The first-order valence-electron chi connectivity index (χ1n) is 12.7. The molecule has 42 heavy (non-hydrogen) atoms. The zero-order valence-corrected chi connectivity index (χ0v) is 21.9. The van der Waals surface area contributed by atoms with Crippen LogP contribution in [0.15, 0.2) is 76.0 Å². The van der Waals surface area contributed by atoms with Crippen molar-refractivity contribution in [2.75, 3.05) is 0 Å². The van der Waals surface area contributed by atoms with Crippen LogP contribution in [0.3, 0.4) is 0 Å². The third-order valence-corrected chi connectivity index (χ3v) is 6.62. The minimum absolute atomic E-state index is 0.0468. The number of esters is 1. The summed E-state index contributed by atoms with van der Waals surface area (Å²) in [6, 6.07) is 13.5. The minimum atomic E-state index is -1.79. The van der Waals surface area contributed by atoms with Gasteiger partial charge in [-0.15, -0.1) is 0 Å². The Bertz CT molecular complexity index is 1690. The van der Waals surface area contributed by atoms with Crippen LogP contribution in [0.2, 0.25) is 0 Å². The van der Waals surface area contributed by atoms with E-state index in [1.54, 1.807) is 12.1 Å². The van der Waals surface area contributed by atoms with Gasteiger partial charge < -0.3 is 49.3 Å². The number of benzene rings is 3. The van der Waals surface area contributed by atoms with Crippen molar-refractivity contribution in [2.45, 2.75) is 37.6 Å². The van der Waals surface area contributed by atoms with Crippen molar-refractivity contribution in [3.63, 3.8) is 0 Å². The van der Waals surface area contributed by atoms with E-state index in [2.05, 4.69) is 0 Å². The quantitative estimate of drug-likeness (QED) is 0.145. The molecule has 12 nitrogen and oxygen atoms in total. The van der Waals surface area contributed by atoms with Gasteiger partial charge in [0.15, 0.2) is 18.0 Å². The molecule has 12 heteroatoms. The van der Waals surface area contributed by atoms with Crippen LogP contribution < -0.4 is 10.2 Å². The van der Waals surface area contributed by atoms with E-state index in [0.717, 1.165) is 18.2 Å². The summed E-state index contributed by atoms with van der Waals surface area (Å²) in [5.41, 5.74) is -0.218. The molecule has 0 amide bonds. The third kappa shape index (κ3) is 5.72. The topological polar surface area (TPSA) is 196 Å². The molecule has 1 aliphatic heterocycles. The number of carbonyl (C=O) groups excluding carboxylic acids is 1. The van der Waals surface area contributed by atoms with E-state index in [1.165, 1.54) is 49.4 Å². The molecule has 2 heterocycles. The first-order chi connectivity index (χ1) is 20.0. The van der Waals surface area contributed by atoms with Crippen molar-refractivity contribution in [1.29, 1.82) is 0 Å². The Kier molecular flexibility index (Phi) is 7.77. The van der Waals surface area contributed by atoms with E-state index < -0.39 is 53.6 Å². The summed E-state index contributed by atoms with van der Waals surface area (Å²) < 4.78 is 22.6. The molecule has 1 aliphatic rings. The zero-order chi connectivity index (χ0) is 30.1. The highest BCUT2D eigenvalue weighted by atomic mass is 16.7. The van der Waals surface area contributed by atoms with Crippen LogP contribution in [-0.2, 0) is 14.3 Å². The predicted octanol–water partition coefficient (Wildman–Crippen LogP) is 2.75. The zero-order valence-electron chi connectivity index (χ0n) is 21.9. The second-order valence-corrected chi connectivity index (χ2v) is 9.61. The van der Waals surface area contributed by atoms with E-state index in [4.69, 9.17) is 18.6 Å². The van der Waals surface area contributed by atoms with Gasteiger partial charge in [-0.05, 0) is 55.0 Å². The molecular formula is C30H26O12. The maximum absolute atomic E-state index is 13.6. The van der Waals surface area contributed by atoms with Crippen LogP contribution in [0.4, 0.5) is 0 Å². The molecule has 5 rings (SSSR count). The van der Waals surface area contributed by atoms with Gasteiger partial charge in [0.05, 0.1) is 6.10 Å². The van der Waals surface area contributed by atoms with Crippen LogP contribution in [-0.4, -0.2) is 67.3 Å². The van der Waals surface area contributed by atoms with E-state index in [-0.39, 0.29) is 39.5 Å². The average Bonchev–Trinajstić information content (AvgIpc) is 2.95. The van der Waals surface area contributed by atoms with Gasteiger partial charge in [0.1, 0.15) is 40.1 Å². The molecule has 0 radical (unpaired) electrons. The average molecular weight is 579 g/mol. The van der Waals surface area contributed by atoms with Crippen LogP contribution in [0.5, 0.6) is 28.7 Å². The molecule has 0 bridgehead atoms. The molecule has 218 valence electrons. The molecule has 6 N–H and O–H groups in total. The fourth-order valence-corrected chi connectivity index (χ4v) is 4.45. The minimum Gasteiger partial charge on any atom is -0.508 e. The van der Waals surface area contributed by atoms with Crippen LogP contribution in [0.25, 0.3) is 28.4 Å². The van der Waals surface area contributed by atoms with E-state index in [9.17, 15) is 40.2 Å². The second-order valence-electron chi connectivity index (χ2n) is 9.61. The van der Waals surface area contributed by atoms with Crippen molar-refractivity contribution in [3.8, 4) is 40.1 Å². The molecule has 0 saturated carbocycles. The predicted molar refractivity (Wildman–Crippen MR) is 147 cm³/mol. The summed E-state index contributed by atoms with van der Waals surface area (Å²) in [5, 5.41) is 60.8. The van der Waals surface area contributed by atoms with Crippen molar-refractivity contribution < 1.29 is 54.1 Å². The second kappa shape index (κ2) is 11.4. The molecular weight excluding hydrogens is 552 g/mol. The van der Waals surface area contributed by atoms with Gasteiger partial charge >= 0.3 is 5.97 Å². The lowest BCUT2D eigenvalue weighted by Crippen LogP contribution is -2.59. The molecule has 0 aliphatic carbocycles. The Morgan fingerprint density at radius 3 is 2.19 bits per heavy atom. The van der Waals surface area contributed by atoms with E-state index >= 15 is 0 Å². The maximum Gasteiger partial charge on any atom is 0.331 e. The normalized spacial score (nSPS) is 22.3. The van der Waals surface area contributed by atoms with Gasteiger partial charge in [-0.1, -0.05) is 12.1 Å². The Balaban J connectivity index is 1.48. The van der Waals surface area contributed by atoms with Gasteiger partial charge in [0, 0.05) is 23.8 Å². The lowest BCUT2D eigenvalue weighted by atomic mass is 9.99. The van der Waals surface area contributed by atoms with Crippen LogP contribution in [0.1, 0.15) is 12.5 Å². The number of fused-ring (bicyclic) bond motifs is 1. The Hall–Kier alpha value is -5.04. The van der Waals surface area contributed by atoms with E-state index in [1.807, 2.05) is 0 Å². The maximum atomic E-state index is 13.6. The van der Waals surface area contributed by atoms with Crippen molar-refractivity contribution in [2.24, 2.45) is 0 Å². The third-order valence-electron chi connectivity index (χ3n) is 6.62. The molecule has 5 atom stereocenters. The summed E-state index contributed by atoms with van der Waals surface area (Å²) >= 11 is 0. The number of phenols is 4. The lowest BCUT2D eigenvalue weighted by Gasteiger charge is -2.40. The number of rotatable bonds is 6. The van der Waals surface area contributed by atoms with Gasteiger partial charge in [0.2, 0.25) is 17.5 Å². The standard InChI is InChI=1S/C30H26O12/c1-14-24(36)28(41-22(35)11-4-15-2-7-17(31)8-3-15)26(38)30(39-14)42-29-25(37)23-20(34)12-19(33)13-21(23)40-27(29)16-5-9-18(32)10-6-16/h2-14,24,26,28,30-34,36,38H,1H3/b11-4+/t14-,24-,26+,28+,30-/m0/s1. The van der Waals surface area contributed by atoms with Crippen LogP contribution >= 0.6 is 0 Å². The van der Waals surface area contributed by atoms with E-state index in [0.29, 0.717) is 5.56 Å². The number of aromatic hydroxyl groups is 4. The van der Waals surface area contributed by atoms with Crippen molar-refractivity contribution >= 4 is 23.0 Å². The first kappa shape index (κ1) is 28.5. The Morgan fingerprint density at radius 2 is 1.52 bits per heavy atom. The highest BCUT2D eigenvalue weighted by molar-refractivity contribution is 5.88. The Morgan fingerprint density at radius 1 is 0.881 bits per heavy atom. The van der Waals surface area contributed by atoms with Gasteiger partial charge in [-0.2, -0.15) is 0 Å². The largest absolute Gasteiger partial charge is 0.508 e. The smallest absolute Gasteiger partial charge is 0.331 e. The summed E-state index contributed by atoms with van der Waals surface area (Å²) in [5.74, 6) is -2.58. The molecule has 0 unspecified atom stereocenters. The lowest BCUT2D eigenvalue weighted by molar-refractivity contribution is -0.271. The molecule has 1 fully saturated rings. The molecule has 3 aromatic carbocycles. The van der Waals surface area contributed by atoms with Gasteiger partial charge in [0.25, 0.3) is 0 Å². The first-order valence-corrected chi connectivity index (χ1v) is 12.7. The molecule has 1 aromatic heterocycles. The number of aliphatic hydroxyl groups excluding tert-OH is 2. The highest BCUT2D eigenvalue weighted by Gasteiger charge is 2.47. The molecule has 1 saturated heterocycles. The SMILES string of the molecule is C[C@@H]1O[C@@H](Oc2c(-c3ccc(O)cc3)oc3cc(O)cc(O)c3c2=O)[C@H](O)[C@H](OC(=O)/C=C/c2ccc(O)cc2)[C@H]1O. The number of hydrogen-bond acceptors (Lipinski definition) is 12. The van der Waals surface area contributed by atoms with Gasteiger partial charge in [-0.3, -0.25) is 4.79 Å². The van der Waals surface area contributed by atoms with Gasteiger partial charge in [-0.25, -0.2) is 4.79 Å². The fourth-order valence-electron chi connectivity index (χ4n) is 4.45. The van der Waals surface area contributed by atoms with Crippen molar-refractivity contribution in [3.05, 3.63) is 82.5 Å². The fraction of sp³-hybridized carbons (Fsp3) is 0.200. The number of ether oxygens (including phenoxy) is 3. The molecule has 0 spiro atoms. The van der Waals surface area contributed by atoms with Crippen molar-refractivity contribution in [1.82, 2.24) is 0 Å². The number of phenolic OH excluding ortho intramolecular Hbond substituents is 4. The number of hydrogen-bond donors (Lipinski definition) is 6. The summed E-state index contributed by atoms with van der Waals surface area (Å²) in [4.78, 5) is 26.1. The van der Waals surface area contributed by atoms with Crippen LogP contribution in [0, 0.1) is 0 Å². The summed E-state index contributed by atoms with van der Waals surface area (Å²) in [6.45, 7) is 1.44.